The molecule has 4 nitrogen and oxygen atoms in total. The lowest BCUT2D eigenvalue weighted by atomic mass is 10.2. The fourth-order valence-corrected chi connectivity index (χ4v) is 1.57. The molecule has 3 N–H and O–H groups in total. The summed E-state index contributed by atoms with van der Waals surface area (Å²) in [7, 11) is 0. The minimum Gasteiger partial charge on any atom is -0.465 e. The van der Waals surface area contributed by atoms with Crippen LogP contribution in [0.2, 0.25) is 0 Å². The molecule has 0 aliphatic rings. The molecule has 0 unspecified atom stereocenters. The van der Waals surface area contributed by atoms with Crippen LogP contribution in [0.3, 0.4) is 0 Å². The van der Waals surface area contributed by atoms with Crippen LogP contribution in [0.4, 0.5) is 4.79 Å². The molecular formula is C7H9NO3S. The first-order valence-electron chi connectivity index (χ1n) is 3.36. The molecule has 66 valence electrons. The van der Waals surface area contributed by atoms with Crippen molar-refractivity contribution in [2.75, 3.05) is 6.61 Å². The molecule has 0 aromatic carbocycles. The molecule has 0 saturated heterocycles. The van der Waals surface area contributed by atoms with Gasteiger partial charge in [0.15, 0.2) is 0 Å². The van der Waals surface area contributed by atoms with Crippen molar-refractivity contribution >= 4 is 17.4 Å². The number of thiophene rings is 1. The average Bonchev–Trinajstić information content (AvgIpc) is 2.51. The fraction of sp³-hybridized carbons (Fsp3) is 0.286. The number of carboxylic acid groups (broad SMARTS) is 1. The number of hydrogen-bond acceptors (Lipinski definition) is 3. The summed E-state index contributed by atoms with van der Waals surface area (Å²) in [6, 6.07) is 1.27. The van der Waals surface area contributed by atoms with E-state index in [1.54, 1.807) is 11.4 Å². The Hall–Kier alpha value is -1.07. The molecule has 1 amide bonds. The minimum absolute atomic E-state index is 0.219. The van der Waals surface area contributed by atoms with E-state index >= 15 is 0 Å². The van der Waals surface area contributed by atoms with Crippen molar-refractivity contribution in [3.8, 4) is 0 Å². The smallest absolute Gasteiger partial charge is 0.405 e. The van der Waals surface area contributed by atoms with E-state index in [1.807, 2.05) is 5.38 Å². The molecule has 5 heteroatoms. The Bertz CT molecular complexity index is 247. The van der Waals surface area contributed by atoms with Crippen molar-refractivity contribution in [2.45, 2.75) is 6.04 Å². The third-order valence-electron chi connectivity index (χ3n) is 1.43. The summed E-state index contributed by atoms with van der Waals surface area (Å²) in [6.45, 7) is -0.219. The van der Waals surface area contributed by atoms with E-state index in [9.17, 15) is 4.79 Å². The highest BCUT2D eigenvalue weighted by atomic mass is 32.1. The van der Waals surface area contributed by atoms with Gasteiger partial charge in [-0.05, 0) is 22.4 Å². The van der Waals surface area contributed by atoms with Crippen LogP contribution in [-0.2, 0) is 0 Å². The molecule has 1 rings (SSSR count). The number of aliphatic hydroxyl groups excluding tert-OH is 1. The second-order valence-corrected chi connectivity index (χ2v) is 3.02. The number of aliphatic hydroxyl groups is 1. The van der Waals surface area contributed by atoms with E-state index in [4.69, 9.17) is 10.2 Å². The van der Waals surface area contributed by atoms with Gasteiger partial charge >= 0.3 is 6.09 Å². The van der Waals surface area contributed by atoms with E-state index in [0.717, 1.165) is 5.56 Å². The molecular weight excluding hydrogens is 178 g/mol. The lowest BCUT2D eigenvalue weighted by Gasteiger charge is -2.11. The van der Waals surface area contributed by atoms with Gasteiger partial charge in [0, 0.05) is 0 Å². The van der Waals surface area contributed by atoms with Crippen LogP contribution < -0.4 is 5.32 Å². The first-order chi connectivity index (χ1) is 5.74. The van der Waals surface area contributed by atoms with Crippen LogP contribution in [0.15, 0.2) is 16.8 Å². The van der Waals surface area contributed by atoms with Crippen molar-refractivity contribution in [3.05, 3.63) is 22.4 Å². The van der Waals surface area contributed by atoms with Crippen LogP contribution in [0.25, 0.3) is 0 Å². The SMILES string of the molecule is O=C(O)N[C@@H](CO)c1ccsc1. The highest BCUT2D eigenvalue weighted by Crippen LogP contribution is 2.15. The van der Waals surface area contributed by atoms with E-state index in [1.165, 1.54) is 11.3 Å². The normalized spacial score (nSPS) is 12.4. The maximum atomic E-state index is 10.2. The Morgan fingerprint density at radius 1 is 1.75 bits per heavy atom. The highest BCUT2D eigenvalue weighted by Gasteiger charge is 2.12. The van der Waals surface area contributed by atoms with Gasteiger partial charge in [-0.25, -0.2) is 4.79 Å². The van der Waals surface area contributed by atoms with Crippen LogP contribution in [0.1, 0.15) is 11.6 Å². The van der Waals surface area contributed by atoms with Crippen molar-refractivity contribution in [3.63, 3.8) is 0 Å². The Balaban J connectivity index is 2.63. The van der Waals surface area contributed by atoms with Gasteiger partial charge in [-0.1, -0.05) is 0 Å². The maximum Gasteiger partial charge on any atom is 0.405 e. The zero-order valence-corrected chi connectivity index (χ0v) is 7.04. The van der Waals surface area contributed by atoms with Crippen LogP contribution in [0.5, 0.6) is 0 Å². The molecule has 12 heavy (non-hydrogen) atoms. The van der Waals surface area contributed by atoms with Crippen LogP contribution >= 0.6 is 11.3 Å². The largest absolute Gasteiger partial charge is 0.465 e. The Morgan fingerprint density at radius 3 is 2.92 bits per heavy atom. The minimum atomic E-state index is -1.12. The van der Waals surface area contributed by atoms with Crippen molar-refractivity contribution in [2.24, 2.45) is 0 Å². The van der Waals surface area contributed by atoms with Crippen LogP contribution in [-0.4, -0.2) is 22.9 Å². The predicted molar refractivity (Wildman–Crippen MR) is 45.3 cm³/mol. The van der Waals surface area contributed by atoms with E-state index < -0.39 is 12.1 Å². The molecule has 0 saturated carbocycles. The Labute approximate surface area is 73.5 Å². The first-order valence-corrected chi connectivity index (χ1v) is 4.30. The van der Waals surface area contributed by atoms with E-state index in [-0.39, 0.29) is 6.61 Å². The first kappa shape index (κ1) is 9.02. The van der Waals surface area contributed by atoms with Gasteiger partial charge in [-0.2, -0.15) is 11.3 Å². The number of carbonyl (C=O) groups is 1. The summed E-state index contributed by atoms with van der Waals surface area (Å²) >= 11 is 1.47. The monoisotopic (exact) mass is 187 g/mol. The van der Waals surface area contributed by atoms with Gasteiger partial charge in [-0.3, -0.25) is 0 Å². The molecule has 0 radical (unpaired) electrons. The second kappa shape index (κ2) is 4.08. The summed E-state index contributed by atoms with van der Waals surface area (Å²) in [5.74, 6) is 0. The highest BCUT2D eigenvalue weighted by molar-refractivity contribution is 7.07. The van der Waals surface area contributed by atoms with Crippen molar-refractivity contribution in [1.82, 2.24) is 5.32 Å². The van der Waals surface area contributed by atoms with Gasteiger partial charge in [0.25, 0.3) is 0 Å². The lowest BCUT2D eigenvalue weighted by Crippen LogP contribution is -2.28. The molecule has 0 aliphatic carbocycles. The third kappa shape index (κ3) is 2.21. The summed E-state index contributed by atoms with van der Waals surface area (Å²) in [6.07, 6.45) is -1.12. The van der Waals surface area contributed by atoms with Crippen molar-refractivity contribution in [1.29, 1.82) is 0 Å². The zero-order chi connectivity index (χ0) is 8.97. The standard InChI is InChI=1S/C7H9NO3S/c9-3-6(8-7(10)11)5-1-2-12-4-5/h1-2,4,6,8-9H,3H2,(H,10,11)/t6-/m0/s1. The predicted octanol–water partition coefficient (Wildman–Crippen LogP) is 1.05. The van der Waals surface area contributed by atoms with Crippen molar-refractivity contribution < 1.29 is 15.0 Å². The molecule has 1 aromatic rings. The van der Waals surface area contributed by atoms with Crippen LogP contribution in [0, 0.1) is 0 Å². The summed E-state index contributed by atoms with van der Waals surface area (Å²) in [5.41, 5.74) is 0.796. The van der Waals surface area contributed by atoms with Gasteiger partial charge in [0.1, 0.15) is 0 Å². The molecule has 1 aromatic heterocycles. The average molecular weight is 187 g/mol. The lowest BCUT2D eigenvalue weighted by molar-refractivity contribution is 0.178. The van der Waals surface area contributed by atoms with E-state index in [2.05, 4.69) is 5.32 Å². The zero-order valence-electron chi connectivity index (χ0n) is 6.23. The number of amides is 1. The molecule has 0 spiro atoms. The molecule has 1 heterocycles. The van der Waals surface area contributed by atoms with Gasteiger partial charge in [0.05, 0.1) is 12.6 Å². The Kier molecular flexibility index (Phi) is 3.07. The quantitative estimate of drug-likeness (QED) is 0.662. The molecule has 0 aliphatic heterocycles. The fourth-order valence-electron chi connectivity index (χ4n) is 0.857. The second-order valence-electron chi connectivity index (χ2n) is 2.24. The number of hydrogen-bond donors (Lipinski definition) is 3. The summed E-state index contributed by atoms with van der Waals surface area (Å²) < 4.78 is 0. The maximum absolute atomic E-state index is 10.2. The van der Waals surface area contributed by atoms with Gasteiger partial charge < -0.3 is 15.5 Å². The number of nitrogens with one attached hydrogen (secondary N) is 1. The third-order valence-corrected chi connectivity index (χ3v) is 2.13. The summed E-state index contributed by atoms with van der Waals surface area (Å²) in [5, 5.41) is 23.1. The molecule has 0 fully saturated rings. The molecule has 0 bridgehead atoms. The van der Waals surface area contributed by atoms with E-state index in [0.29, 0.717) is 0 Å². The van der Waals surface area contributed by atoms with Gasteiger partial charge in [0.2, 0.25) is 0 Å². The Morgan fingerprint density at radius 2 is 2.50 bits per heavy atom. The topological polar surface area (TPSA) is 69.6 Å². The summed E-state index contributed by atoms with van der Waals surface area (Å²) in [4.78, 5) is 10.2. The van der Waals surface area contributed by atoms with Gasteiger partial charge in [-0.15, -0.1) is 0 Å². The number of rotatable bonds is 3. The molecule has 1 atom stereocenters.